The van der Waals surface area contributed by atoms with Crippen LogP contribution in [0.4, 0.5) is 0 Å². The summed E-state index contributed by atoms with van der Waals surface area (Å²) < 4.78 is 0. The van der Waals surface area contributed by atoms with Crippen molar-refractivity contribution in [3.63, 3.8) is 0 Å². The van der Waals surface area contributed by atoms with Gasteiger partial charge < -0.3 is 15.3 Å². The Balaban J connectivity index is 4.03. The zero-order valence-corrected chi connectivity index (χ0v) is 13.1. The largest absolute Gasteiger partial charge is 0.395 e. The van der Waals surface area contributed by atoms with Gasteiger partial charge in [-0.15, -0.1) is 0 Å². The third-order valence-electron chi connectivity index (χ3n) is 3.70. The molecule has 0 aromatic rings. The van der Waals surface area contributed by atoms with Crippen molar-refractivity contribution < 1.29 is 5.11 Å². The molecule has 0 bridgehead atoms. The summed E-state index contributed by atoms with van der Waals surface area (Å²) in [6.07, 6.45) is 3.56. The smallest absolute Gasteiger partial charge is 0.0585 e. The molecule has 0 rings (SSSR count). The Morgan fingerprint density at radius 2 is 1.72 bits per heavy atom. The van der Waals surface area contributed by atoms with Crippen LogP contribution in [0.25, 0.3) is 0 Å². The Morgan fingerprint density at radius 3 is 2.11 bits per heavy atom. The van der Waals surface area contributed by atoms with E-state index in [0.29, 0.717) is 6.04 Å². The minimum atomic E-state index is 0.237. The molecule has 3 heteroatoms. The predicted molar refractivity (Wildman–Crippen MR) is 79.9 cm³/mol. The molecule has 0 saturated carbocycles. The Hall–Kier alpha value is -0.120. The predicted octanol–water partition coefficient (Wildman–Crippen LogP) is 2.49. The molecule has 0 aliphatic carbocycles. The van der Waals surface area contributed by atoms with Crippen LogP contribution in [0.2, 0.25) is 0 Å². The van der Waals surface area contributed by atoms with Crippen LogP contribution in [0.3, 0.4) is 0 Å². The maximum Gasteiger partial charge on any atom is 0.0585 e. The molecule has 0 spiro atoms. The van der Waals surface area contributed by atoms with Gasteiger partial charge in [0.05, 0.1) is 6.61 Å². The van der Waals surface area contributed by atoms with Crippen LogP contribution >= 0.6 is 0 Å². The maximum absolute atomic E-state index is 9.35. The Morgan fingerprint density at radius 1 is 1.11 bits per heavy atom. The lowest BCUT2D eigenvalue weighted by Crippen LogP contribution is -2.41. The van der Waals surface area contributed by atoms with Crippen molar-refractivity contribution in [2.75, 3.05) is 26.2 Å². The van der Waals surface area contributed by atoms with Gasteiger partial charge in [-0.05, 0) is 25.4 Å². The van der Waals surface area contributed by atoms with Crippen LogP contribution in [0, 0.1) is 5.92 Å². The number of rotatable bonds is 11. The van der Waals surface area contributed by atoms with Gasteiger partial charge >= 0.3 is 0 Å². The number of aliphatic hydroxyl groups excluding tert-OH is 1. The van der Waals surface area contributed by atoms with E-state index < -0.39 is 0 Å². The zero-order chi connectivity index (χ0) is 14.0. The molecule has 3 nitrogen and oxygen atoms in total. The molecule has 0 fully saturated rings. The van der Waals surface area contributed by atoms with Crippen molar-refractivity contribution in [3.05, 3.63) is 0 Å². The maximum atomic E-state index is 9.35. The van der Waals surface area contributed by atoms with Crippen LogP contribution in [0.5, 0.6) is 0 Å². The molecule has 0 aromatic carbocycles. The Bertz CT molecular complexity index is 181. The number of hydrogen-bond acceptors (Lipinski definition) is 3. The highest BCUT2D eigenvalue weighted by atomic mass is 16.3. The third kappa shape index (κ3) is 8.06. The van der Waals surface area contributed by atoms with E-state index in [0.717, 1.165) is 25.4 Å². The van der Waals surface area contributed by atoms with Gasteiger partial charge in [0, 0.05) is 18.6 Å². The number of aliphatic hydroxyl groups is 1. The first-order valence-electron chi connectivity index (χ1n) is 7.66. The van der Waals surface area contributed by atoms with E-state index in [1.165, 1.54) is 19.4 Å². The van der Waals surface area contributed by atoms with E-state index in [9.17, 15) is 5.11 Å². The van der Waals surface area contributed by atoms with Gasteiger partial charge in [-0.25, -0.2) is 0 Å². The molecule has 0 saturated heterocycles. The van der Waals surface area contributed by atoms with Crippen molar-refractivity contribution in [2.24, 2.45) is 5.92 Å². The number of hydrogen-bond donors (Lipinski definition) is 2. The van der Waals surface area contributed by atoms with Crippen LogP contribution in [-0.2, 0) is 0 Å². The second-order valence-electron chi connectivity index (χ2n) is 5.57. The van der Waals surface area contributed by atoms with Crippen LogP contribution in [0.1, 0.15) is 53.9 Å². The van der Waals surface area contributed by atoms with E-state index in [4.69, 9.17) is 0 Å². The molecule has 0 radical (unpaired) electrons. The molecule has 18 heavy (non-hydrogen) atoms. The topological polar surface area (TPSA) is 35.5 Å². The molecular weight excluding hydrogens is 224 g/mol. The average Bonchev–Trinajstić information content (AvgIpc) is 2.37. The van der Waals surface area contributed by atoms with E-state index in [2.05, 4.69) is 44.8 Å². The highest BCUT2D eigenvalue weighted by molar-refractivity contribution is 4.71. The first-order valence-corrected chi connectivity index (χ1v) is 7.66. The average molecular weight is 258 g/mol. The molecule has 0 aliphatic rings. The lowest BCUT2D eigenvalue weighted by atomic mass is 10.0. The fraction of sp³-hybridized carbons (Fsp3) is 1.00. The summed E-state index contributed by atoms with van der Waals surface area (Å²) in [5, 5.41) is 12.8. The molecule has 2 N–H and O–H groups in total. The van der Waals surface area contributed by atoms with Crippen molar-refractivity contribution in [1.29, 1.82) is 0 Å². The summed E-state index contributed by atoms with van der Waals surface area (Å²) in [6, 6.07) is 0.678. The van der Waals surface area contributed by atoms with Gasteiger partial charge in [-0.2, -0.15) is 0 Å². The molecule has 0 amide bonds. The first kappa shape index (κ1) is 17.9. The number of nitrogens with one attached hydrogen (secondary N) is 1. The first-order chi connectivity index (χ1) is 8.57. The lowest BCUT2D eigenvalue weighted by molar-refractivity contribution is 0.188. The summed E-state index contributed by atoms with van der Waals surface area (Å²) in [5.74, 6) is 0.815. The minimum Gasteiger partial charge on any atom is -0.395 e. The van der Waals surface area contributed by atoms with Crippen molar-refractivity contribution in [3.8, 4) is 0 Å². The van der Waals surface area contributed by atoms with Gasteiger partial charge in [0.1, 0.15) is 0 Å². The second-order valence-corrected chi connectivity index (χ2v) is 5.57. The highest BCUT2D eigenvalue weighted by Crippen LogP contribution is 2.10. The van der Waals surface area contributed by atoms with E-state index >= 15 is 0 Å². The Kier molecular flexibility index (Phi) is 10.7. The van der Waals surface area contributed by atoms with E-state index in [-0.39, 0.29) is 12.6 Å². The number of nitrogens with zero attached hydrogens (tertiary/aromatic N) is 1. The van der Waals surface area contributed by atoms with Crippen LogP contribution in [-0.4, -0.2) is 48.3 Å². The SMILES string of the molecule is CCC(CC)CN(CC)CCC(CO)NC(C)C. The summed E-state index contributed by atoms with van der Waals surface area (Å²) in [7, 11) is 0. The third-order valence-corrected chi connectivity index (χ3v) is 3.70. The van der Waals surface area contributed by atoms with Crippen molar-refractivity contribution in [2.45, 2.75) is 66.0 Å². The minimum absolute atomic E-state index is 0.237. The summed E-state index contributed by atoms with van der Waals surface area (Å²) in [4.78, 5) is 2.52. The standard InChI is InChI=1S/C15H34N2O/c1-6-14(7-2)11-17(8-3)10-9-15(12-18)16-13(4)5/h13-16,18H,6-12H2,1-5H3. The molecule has 1 atom stereocenters. The lowest BCUT2D eigenvalue weighted by Gasteiger charge is -2.27. The van der Waals surface area contributed by atoms with Crippen LogP contribution in [0.15, 0.2) is 0 Å². The van der Waals surface area contributed by atoms with Crippen molar-refractivity contribution in [1.82, 2.24) is 10.2 Å². The summed E-state index contributed by atoms with van der Waals surface area (Å²) in [5.41, 5.74) is 0. The van der Waals surface area contributed by atoms with Crippen molar-refractivity contribution >= 4 is 0 Å². The molecule has 1 unspecified atom stereocenters. The van der Waals surface area contributed by atoms with Gasteiger partial charge in [0.25, 0.3) is 0 Å². The van der Waals surface area contributed by atoms with Gasteiger partial charge in [-0.3, -0.25) is 0 Å². The van der Waals surface area contributed by atoms with Gasteiger partial charge in [-0.1, -0.05) is 47.5 Å². The van der Waals surface area contributed by atoms with E-state index in [1.54, 1.807) is 0 Å². The fourth-order valence-electron chi connectivity index (χ4n) is 2.33. The molecule has 0 heterocycles. The normalized spacial score (nSPS) is 13.8. The quantitative estimate of drug-likeness (QED) is 0.598. The fourth-order valence-corrected chi connectivity index (χ4v) is 2.33. The highest BCUT2D eigenvalue weighted by Gasteiger charge is 2.13. The zero-order valence-electron chi connectivity index (χ0n) is 13.1. The second kappa shape index (κ2) is 10.8. The van der Waals surface area contributed by atoms with Crippen LogP contribution < -0.4 is 5.32 Å². The molecule has 0 aromatic heterocycles. The molecule has 0 aliphatic heterocycles. The summed E-state index contributed by atoms with van der Waals surface area (Å²) in [6.45, 7) is 14.7. The Labute approximate surface area is 114 Å². The molecule has 110 valence electrons. The molecular formula is C15H34N2O. The monoisotopic (exact) mass is 258 g/mol. The van der Waals surface area contributed by atoms with Gasteiger partial charge in [0.2, 0.25) is 0 Å². The summed E-state index contributed by atoms with van der Waals surface area (Å²) >= 11 is 0. The van der Waals surface area contributed by atoms with E-state index in [1.807, 2.05) is 0 Å². The van der Waals surface area contributed by atoms with Gasteiger partial charge in [0.15, 0.2) is 0 Å².